The van der Waals surface area contributed by atoms with Crippen LogP contribution in [-0.4, -0.2) is 29.1 Å². The zero-order chi connectivity index (χ0) is 17.8. The maximum atomic E-state index is 13.2. The summed E-state index contributed by atoms with van der Waals surface area (Å²) in [6.07, 6.45) is 3.25. The Hall–Kier alpha value is -2.05. The van der Waals surface area contributed by atoms with Crippen LogP contribution >= 0.6 is 0 Å². The van der Waals surface area contributed by atoms with E-state index in [9.17, 15) is 13.4 Å². The van der Waals surface area contributed by atoms with Crippen LogP contribution in [0.4, 0.5) is 4.39 Å². The molecule has 1 N–H and O–H groups in total. The SMILES string of the molecule is C[S@](=O)c1ccc(C(=O)N[C@H](c2ccc(F)cc2)[C@H]2CCCO2)cc1. The standard InChI is InChI=1S/C19H20FNO3S/c1-25(23)16-10-6-14(7-11-16)19(22)21-18(17-3-2-12-24-17)13-4-8-15(20)9-5-13/h4-11,17-18H,2-3,12H2,1H3,(H,21,22)/t17-,18-,25+/m1/s1. The van der Waals surface area contributed by atoms with Crippen molar-refractivity contribution in [3.05, 3.63) is 65.5 Å². The third kappa shape index (κ3) is 4.32. The normalized spacial score (nSPS) is 19.4. The summed E-state index contributed by atoms with van der Waals surface area (Å²) in [5.74, 6) is -0.553. The average molecular weight is 361 g/mol. The van der Waals surface area contributed by atoms with Crippen LogP contribution in [0.15, 0.2) is 53.4 Å². The molecule has 25 heavy (non-hydrogen) atoms. The molecule has 0 spiro atoms. The lowest BCUT2D eigenvalue weighted by molar-refractivity contribution is 0.0672. The van der Waals surface area contributed by atoms with E-state index in [1.807, 2.05) is 0 Å². The zero-order valence-electron chi connectivity index (χ0n) is 13.9. The summed E-state index contributed by atoms with van der Waals surface area (Å²) in [5.41, 5.74) is 1.30. The van der Waals surface area contributed by atoms with Gasteiger partial charge in [0.2, 0.25) is 0 Å². The summed E-state index contributed by atoms with van der Waals surface area (Å²) in [5, 5.41) is 3.00. The van der Waals surface area contributed by atoms with Gasteiger partial charge in [-0.1, -0.05) is 12.1 Å². The molecule has 0 aromatic heterocycles. The second-order valence-corrected chi connectivity index (χ2v) is 7.41. The summed E-state index contributed by atoms with van der Waals surface area (Å²) < 4.78 is 30.4. The third-order valence-corrected chi connectivity index (χ3v) is 5.24. The van der Waals surface area contributed by atoms with E-state index in [4.69, 9.17) is 4.74 Å². The lowest BCUT2D eigenvalue weighted by Crippen LogP contribution is -2.36. The molecule has 0 saturated carbocycles. The first-order chi connectivity index (χ1) is 12.0. The Bertz CT molecular complexity index is 755. The van der Waals surface area contributed by atoms with Crippen molar-refractivity contribution in [3.8, 4) is 0 Å². The van der Waals surface area contributed by atoms with Crippen molar-refractivity contribution in [2.75, 3.05) is 12.9 Å². The highest BCUT2D eigenvalue weighted by Crippen LogP contribution is 2.27. The van der Waals surface area contributed by atoms with E-state index in [2.05, 4.69) is 5.32 Å². The molecule has 1 aliphatic rings. The van der Waals surface area contributed by atoms with E-state index in [0.29, 0.717) is 17.1 Å². The predicted octanol–water partition coefficient (Wildman–Crippen LogP) is 3.21. The molecular weight excluding hydrogens is 341 g/mol. The summed E-state index contributed by atoms with van der Waals surface area (Å²) in [6.45, 7) is 0.662. The summed E-state index contributed by atoms with van der Waals surface area (Å²) in [4.78, 5) is 13.3. The van der Waals surface area contributed by atoms with Gasteiger partial charge in [-0.05, 0) is 54.8 Å². The Morgan fingerprint density at radius 3 is 2.44 bits per heavy atom. The van der Waals surface area contributed by atoms with E-state index in [-0.39, 0.29) is 23.9 Å². The van der Waals surface area contributed by atoms with Crippen LogP contribution < -0.4 is 5.32 Å². The fraction of sp³-hybridized carbons (Fsp3) is 0.316. The average Bonchev–Trinajstić information content (AvgIpc) is 3.15. The minimum atomic E-state index is -1.08. The number of ether oxygens (including phenoxy) is 1. The molecule has 1 heterocycles. The quantitative estimate of drug-likeness (QED) is 0.890. The topological polar surface area (TPSA) is 55.4 Å². The molecule has 0 bridgehead atoms. The van der Waals surface area contributed by atoms with Crippen molar-refractivity contribution in [3.63, 3.8) is 0 Å². The van der Waals surface area contributed by atoms with Gasteiger partial charge in [0.05, 0.1) is 12.1 Å². The van der Waals surface area contributed by atoms with Gasteiger partial charge in [0.1, 0.15) is 5.82 Å². The molecule has 4 nitrogen and oxygen atoms in total. The van der Waals surface area contributed by atoms with E-state index in [0.717, 1.165) is 18.4 Å². The number of nitrogens with one attached hydrogen (secondary N) is 1. The van der Waals surface area contributed by atoms with Gasteiger partial charge in [0.15, 0.2) is 0 Å². The van der Waals surface area contributed by atoms with E-state index in [1.54, 1.807) is 42.7 Å². The molecule has 3 rings (SSSR count). The number of amides is 1. The largest absolute Gasteiger partial charge is 0.376 e. The number of benzene rings is 2. The molecule has 2 aromatic carbocycles. The molecular formula is C19H20FNO3S. The van der Waals surface area contributed by atoms with Crippen molar-refractivity contribution in [1.82, 2.24) is 5.32 Å². The number of hydrogen-bond acceptors (Lipinski definition) is 3. The second-order valence-electron chi connectivity index (χ2n) is 6.03. The predicted molar refractivity (Wildman–Crippen MR) is 94.4 cm³/mol. The van der Waals surface area contributed by atoms with Crippen molar-refractivity contribution < 1.29 is 18.1 Å². The Labute approximate surface area is 148 Å². The number of halogens is 1. The van der Waals surface area contributed by atoms with Crippen LogP contribution in [0.5, 0.6) is 0 Å². The molecule has 2 aromatic rings. The first-order valence-corrected chi connectivity index (χ1v) is 9.72. The van der Waals surface area contributed by atoms with Crippen LogP contribution in [0, 0.1) is 5.82 Å². The molecule has 6 heteroatoms. The van der Waals surface area contributed by atoms with Crippen LogP contribution in [0.25, 0.3) is 0 Å². The van der Waals surface area contributed by atoms with Crippen molar-refractivity contribution in [2.45, 2.75) is 29.9 Å². The molecule has 0 radical (unpaired) electrons. The Balaban J connectivity index is 1.80. The van der Waals surface area contributed by atoms with E-state index in [1.165, 1.54) is 12.1 Å². The summed E-state index contributed by atoms with van der Waals surface area (Å²) in [6, 6.07) is 12.5. The minimum absolute atomic E-state index is 0.128. The van der Waals surface area contributed by atoms with Crippen molar-refractivity contribution >= 4 is 16.7 Å². The first-order valence-electron chi connectivity index (χ1n) is 8.16. The smallest absolute Gasteiger partial charge is 0.251 e. The maximum Gasteiger partial charge on any atom is 0.251 e. The molecule has 1 saturated heterocycles. The molecule has 1 aliphatic heterocycles. The minimum Gasteiger partial charge on any atom is -0.376 e. The van der Waals surface area contributed by atoms with Crippen LogP contribution in [0.2, 0.25) is 0 Å². The van der Waals surface area contributed by atoms with Gasteiger partial charge >= 0.3 is 0 Å². The number of carbonyl (C=O) groups is 1. The Kier molecular flexibility index (Phi) is 5.60. The van der Waals surface area contributed by atoms with E-state index >= 15 is 0 Å². The number of carbonyl (C=O) groups excluding carboxylic acids is 1. The first kappa shape index (κ1) is 17.8. The maximum absolute atomic E-state index is 13.2. The molecule has 3 atom stereocenters. The van der Waals surface area contributed by atoms with Crippen LogP contribution in [0.1, 0.15) is 34.8 Å². The van der Waals surface area contributed by atoms with Gasteiger partial charge in [-0.3, -0.25) is 9.00 Å². The van der Waals surface area contributed by atoms with Crippen molar-refractivity contribution in [2.24, 2.45) is 0 Å². The van der Waals surface area contributed by atoms with Gasteiger partial charge in [-0.2, -0.15) is 0 Å². The fourth-order valence-corrected chi connectivity index (χ4v) is 3.47. The molecule has 0 unspecified atom stereocenters. The highest BCUT2D eigenvalue weighted by atomic mass is 32.2. The zero-order valence-corrected chi connectivity index (χ0v) is 14.7. The Morgan fingerprint density at radius 2 is 1.88 bits per heavy atom. The molecule has 1 fully saturated rings. The second kappa shape index (κ2) is 7.89. The molecule has 132 valence electrons. The summed E-state index contributed by atoms with van der Waals surface area (Å²) in [7, 11) is -1.08. The van der Waals surface area contributed by atoms with Gasteiger partial charge in [-0.15, -0.1) is 0 Å². The fourth-order valence-electron chi connectivity index (χ4n) is 2.95. The van der Waals surface area contributed by atoms with Gasteiger partial charge < -0.3 is 10.1 Å². The van der Waals surface area contributed by atoms with Gasteiger partial charge in [0, 0.05) is 34.1 Å². The third-order valence-electron chi connectivity index (χ3n) is 4.30. The monoisotopic (exact) mass is 361 g/mol. The Morgan fingerprint density at radius 1 is 1.20 bits per heavy atom. The van der Waals surface area contributed by atoms with Gasteiger partial charge in [0.25, 0.3) is 5.91 Å². The highest BCUT2D eigenvalue weighted by molar-refractivity contribution is 7.84. The lowest BCUT2D eigenvalue weighted by atomic mass is 9.98. The number of rotatable bonds is 5. The highest BCUT2D eigenvalue weighted by Gasteiger charge is 2.29. The lowest BCUT2D eigenvalue weighted by Gasteiger charge is -2.25. The molecule has 0 aliphatic carbocycles. The van der Waals surface area contributed by atoms with Crippen LogP contribution in [-0.2, 0) is 15.5 Å². The van der Waals surface area contributed by atoms with Crippen molar-refractivity contribution in [1.29, 1.82) is 0 Å². The summed E-state index contributed by atoms with van der Waals surface area (Å²) >= 11 is 0. The molecule has 1 amide bonds. The van der Waals surface area contributed by atoms with Gasteiger partial charge in [-0.25, -0.2) is 4.39 Å². The number of hydrogen-bond donors (Lipinski definition) is 1. The van der Waals surface area contributed by atoms with Crippen LogP contribution in [0.3, 0.4) is 0 Å². The van der Waals surface area contributed by atoms with E-state index < -0.39 is 10.8 Å².